The van der Waals surface area contributed by atoms with Crippen molar-refractivity contribution in [1.29, 1.82) is 0 Å². The minimum atomic E-state index is -0.137. The standard InChI is InChI=1S/C22H37FN6/c1-4-27-11-13-29(14-12-27)21-9-8-18(15-20(21)23)16-25-22(24-3)26-17-19-7-6-10-28(19)5-2/h8-9,15,19H,4-7,10-14,16-17H2,1-3H3,(H2,24,25,26). The fourth-order valence-corrected chi connectivity index (χ4v) is 4.39. The summed E-state index contributed by atoms with van der Waals surface area (Å²) < 4.78 is 14.7. The van der Waals surface area contributed by atoms with E-state index in [4.69, 9.17) is 0 Å². The topological polar surface area (TPSA) is 46.1 Å². The maximum atomic E-state index is 14.7. The Morgan fingerprint density at radius 1 is 1.10 bits per heavy atom. The molecule has 1 aromatic carbocycles. The molecule has 1 atom stereocenters. The average molecular weight is 405 g/mol. The summed E-state index contributed by atoms with van der Waals surface area (Å²) >= 11 is 0. The number of nitrogens with zero attached hydrogens (tertiary/aromatic N) is 4. The molecule has 0 aromatic heterocycles. The molecule has 162 valence electrons. The fourth-order valence-electron chi connectivity index (χ4n) is 4.39. The van der Waals surface area contributed by atoms with E-state index >= 15 is 0 Å². The molecule has 1 aromatic rings. The first kappa shape index (κ1) is 21.8. The molecule has 2 aliphatic heterocycles. The fraction of sp³-hybridized carbons (Fsp3) is 0.682. The number of aliphatic imine (C=N–C) groups is 1. The third-order valence-corrected chi connectivity index (χ3v) is 6.27. The lowest BCUT2D eigenvalue weighted by molar-refractivity contribution is 0.267. The third-order valence-electron chi connectivity index (χ3n) is 6.27. The van der Waals surface area contributed by atoms with Gasteiger partial charge in [0.25, 0.3) is 0 Å². The first-order chi connectivity index (χ1) is 14.1. The zero-order valence-corrected chi connectivity index (χ0v) is 18.3. The van der Waals surface area contributed by atoms with Gasteiger partial charge in [0.1, 0.15) is 5.82 Å². The number of halogens is 1. The number of likely N-dealkylation sites (N-methyl/N-ethyl adjacent to an activating group) is 2. The number of anilines is 1. The smallest absolute Gasteiger partial charge is 0.191 e. The molecule has 2 aliphatic rings. The van der Waals surface area contributed by atoms with Crippen molar-refractivity contribution >= 4 is 11.6 Å². The summed E-state index contributed by atoms with van der Waals surface area (Å²) in [6, 6.07) is 6.16. The van der Waals surface area contributed by atoms with Crippen LogP contribution in [0.2, 0.25) is 0 Å². The number of nitrogens with one attached hydrogen (secondary N) is 2. The van der Waals surface area contributed by atoms with E-state index in [1.165, 1.54) is 19.4 Å². The van der Waals surface area contributed by atoms with Gasteiger partial charge in [-0.1, -0.05) is 19.9 Å². The predicted molar refractivity (Wildman–Crippen MR) is 119 cm³/mol. The highest BCUT2D eigenvalue weighted by Gasteiger charge is 2.23. The Kier molecular flexibility index (Phi) is 8.12. The Bertz CT molecular complexity index is 671. The highest BCUT2D eigenvalue weighted by molar-refractivity contribution is 5.79. The van der Waals surface area contributed by atoms with E-state index in [1.54, 1.807) is 13.1 Å². The van der Waals surface area contributed by atoms with Gasteiger partial charge in [-0.25, -0.2) is 4.39 Å². The average Bonchev–Trinajstić information content (AvgIpc) is 3.22. The molecule has 2 heterocycles. The van der Waals surface area contributed by atoms with Crippen LogP contribution in [0.5, 0.6) is 0 Å². The van der Waals surface area contributed by atoms with Gasteiger partial charge in [0.05, 0.1) is 5.69 Å². The molecule has 6 nitrogen and oxygen atoms in total. The van der Waals surface area contributed by atoms with Crippen molar-refractivity contribution in [2.24, 2.45) is 4.99 Å². The van der Waals surface area contributed by atoms with Gasteiger partial charge in [-0.3, -0.25) is 9.89 Å². The minimum Gasteiger partial charge on any atom is -0.367 e. The molecule has 0 bridgehead atoms. The van der Waals surface area contributed by atoms with Crippen LogP contribution in [0.1, 0.15) is 32.3 Å². The molecule has 2 saturated heterocycles. The lowest BCUT2D eigenvalue weighted by Crippen LogP contribution is -2.46. The normalized spacial score (nSPS) is 21.6. The molecular weight excluding hydrogens is 367 g/mol. The summed E-state index contributed by atoms with van der Waals surface area (Å²) in [4.78, 5) is 11.4. The van der Waals surface area contributed by atoms with Gasteiger partial charge in [0.15, 0.2) is 5.96 Å². The first-order valence-corrected chi connectivity index (χ1v) is 11.1. The zero-order chi connectivity index (χ0) is 20.6. The monoisotopic (exact) mass is 404 g/mol. The number of likely N-dealkylation sites (tertiary alicyclic amines) is 1. The molecule has 0 saturated carbocycles. The van der Waals surface area contributed by atoms with Crippen LogP contribution < -0.4 is 15.5 Å². The number of guanidine groups is 1. The van der Waals surface area contributed by atoms with Crippen LogP contribution in [0.3, 0.4) is 0 Å². The predicted octanol–water partition coefficient (Wildman–Crippen LogP) is 2.12. The van der Waals surface area contributed by atoms with Crippen molar-refractivity contribution in [2.45, 2.75) is 39.3 Å². The van der Waals surface area contributed by atoms with Crippen LogP contribution in [-0.4, -0.2) is 81.2 Å². The van der Waals surface area contributed by atoms with E-state index in [9.17, 15) is 4.39 Å². The second-order valence-electron chi connectivity index (χ2n) is 7.94. The largest absolute Gasteiger partial charge is 0.367 e. The molecule has 3 rings (SSSR count). The van der Waals surface area contributed by atoms with Gasteiger partial charge in [0.2, 0.25) is 0 Å². The maximum Gasteiger partial charge on any atom is 0.191 e. The van der Waals surface area contributed by atoms with Gasteiger partial charge in [-0.15, -0.1) is 0 Å². The van der Waals surface area contributed by atoms with Gasteiger partial charge in [-0.05, 0) is 50.2 Å². The molecular formula is C22H37FN6. The molecule has 0 amide bonds. The van der Waals surface area contributed by atoms with Gasteiger partial charge in [0, 0.05) is 52.4 Å². The van der Waals surface area contributed by atoms with Crippen molar-refractivity contribution in [3.05, 3.63) is 29.6 Å². The molecule has 7 heteroatoms. The quantitative estimate of drug-likeness (QED) is 0.538. The van der Waals surface area contributed by atoms with Crippen LogP contribution in [0.4, 0.5) is 10.1 Å². The van der Waals surface area contributed by atoms with Crippen LogP contribution in [0, 0.1) is 5.82 Å². The van der Waals surface area contributed by atoms with Crippen molar-refractivity contribution in [1.82, 2.24) is 20.4 Å². The molecule has 0 spiro atoms. The molecule has 0 aliphatic carbocycles. The van der Waals surface area contributed by atoms with Gasteiger partial charge >= 0.3 is 0 Å². The van der Waals surface area contributed by atoms with Crippen molar-refractivity contribution < 1.29 is 4.39 Å². The van der Waals surface area contributed by atoms with E-state index in [1.807, 2.05) is 12.1 Å². The van der Waals surface area contributed by atoms with E-state index in [2.05, 4.69) is 44.2 Å². The Balaban J connectivity index is 1.49. The highest BCUT2D eigenvalue weighted by atomic mass is 19.1. The van der Waals surface area contributed by atoms with Crippen LogP contribution in [-0.2, 0) is 6.54 Å². The highest BCUT2D eigenvalue weighted by Crippen LogP contribution is 2.22. The van der Waals surface area contributed by atoms with Gasteiger partial charge in [-0.2, -0.15) is 0 Å². The van der Waals surface area contributed by atoms with Gasteiger partial charge < -0.3 is 20.4 Å². The van der Waals surface area contributed by atoms with Crippen molar-refractivity contribution in [2.75, 3.05) is 64.3 Å². The molecule has 0 radical (unpaired) electrons. The van der Waals surface area contributed by atoms with E-state index < -0.39 is 0 Å². The molecule has 29 heavy (non-hydrogen) atoms. The van der Waals surface area contributed by atoms with Crippen LogP contribution in [0.25, 0.3) is 0 Å². The summed E-state index contributed by atoms with van der Waals surface area (Å²) in [6.45, 7) is 13.0. The van der Waals surface area contributed by atoms with E-state index in [0.29, 0.717) is 18.3 Å². The molecule has 2 N–H and O–H groups in total. The Labute approximate surface area is 175 Å². The summed E-state index contributed by atoms with van der Waals surface area (Å²) in [7, 11) is 1.78. The van der Waals surface area contributed by atoms with Crippen molar-refractivity contribution in [3.8, 4) is 0 Å². The minimum absolute atomic E-state index is 0.137. The van der Waals surface area contributed by atoms with Crippen molar-refractivity contribution in [3.63, 3.8) is 0 Å². The second-order valence-corrected chi connectivity index (χ2v) is 7.94. The number of hydrogen-bond donors (Lipinski definition) is 2. The Morgan fingerprint density at radius 3 is 2.55 bits per heavy atom. The molecule has 1 unspecified atom stereocenters. The number of piperazine rings is 1. The summed E-state index contributed by atoms with van der Waals surface area (Å²) in [5, 5.41) is 6.74. The number of hydrogen-bond acceptors (Lipinski definition) is 4. The van der Waals surface area contributed by atoms with E-state index in [-0.39, 0.29) is 5.82 Å². The third kappa shape index (κ3) is 5.82. The second kappa shape index (κ2) is 10.8. The number of rotatable bonds is 7. The number of benzene rings is 1. The molecule has 2 fully saturated rings. The lowest BCUT2D eigenvalue weighted by Gasteiger charge is -2.35. The SMILES string of the molecule is CCN1CCN(c2ccc(CNC(=NC)NCC3CCCN3CC)cc2F)CC1. The van der Waals surface area contributed by atoms with E-state index in [0.717, 1.165) is 57.3 Å². The summed E-state index contributed by atoms with van der Waals surface area (Å²) in [6.07, 6.45) is 2.50. The summed E-state index contributed by atoms with van der Waals surface area (Å²) in [5.41, 5.74) is 1.64. The van der Waals surface area contributed by atoms with Crippen LogP contribution in [0.15, 0.2) is 23.2 Å². The van der Waals surface area contributed by atoms with Crippen LogP contribution >= 0.6 is 0 Å². The summed E-state index contributed by atoms with van der Waals surface area (Å²) in [5.74, 6) is 0.634. The Hall–Kier alpha value is -1.86. The first-order valence-electron chi connectivity index (χ1n) is 11.1. The zero-order valence-electron chi connectivity index (χ0n) is 18.3. The Morgan fingerprint density at radius 2 is 1.90 bits per heavy atom. The maximum absolute atomic E-state index is 14.7. The lowest BCUT2D eigenvalue weighted by atomic mass is 10.1.